The van der Waals surface area contributed by atoms with Crippen molar-refractivity contribution in [1.82, 2.24) is 5.32 Å². The highest BCUT2D eigenvalue weighted by molar-refractivity contribution is 6.07. The highest BCUT2D eigenvalue weighted by atomic mass is 16.5. The number of amides is 2. The van der Waals surface area contributed by atoms with Crippen molar-refractivity contribution in [2.75, 3.05) is 25.3 Å². The number of methoxy groups -OCH3 is 2. The van der Waals surface area contributed by atoms with Crippen LogP contribution in [-0.2, 0) is 4.79 Å². The van der Waals surface area contributed by atoms with Crippen molar-refractivity contribution in [3.05, 3.63) is 59.8 Å². The lowest BCUT2D eigenvalue weighted by Crippen LogP contribution is -2.21. The topological polar surface area (TPSA) is 126 Å². The SMILES string of the molecule is COc1ccc(OC)c(NC(=O)/C(C#N)=C\NC(=O)c2ccc(N)cc2)c1. The third-order valence-electron chi connectivity index (χ3n) is 3.54. The first kappa shape index (κ1) is 19.3. The second-order valence-corrected chi connectivity index (χ2v) is 5.29. The summed E-state index contributed by atoms with van der Waals surface area (Å²) in [6, 6.07) is 12.8. The zero-order chi connectivity index (χ0) is 19.8. The number of anilines is 2. The molecule has 2 aromatic carbocycles. The van der Waals surface area contributed by atoms with E-state index in [0.717, 1.165) is 6.20 Å². The van der Waals surface area contributed by atoms with Crippen LogP contribution in [0.3, 0.4) is 0 Å². The highest BCUT2D eigenvalue weighted by Crippen LogP contribution is 2.29. The number of hydrogen-bond donors (Lipinski definition) is 3. The van der Waals surface area contributed by atoms with Gasteiger partial charge in [-0.15, -0.1) is 0 Å². The average Bonchev–Trinajstić information content (AvgIpc) is 2.68. The Hall–Kier alpha value is -3.99. The Bertz CT molecular complexity index is 914. The summed E-state index contributed by atoms with van der Waals surface area (Å²) in [6.07, 6.45) is 1.04. The van der Waals surface area contributed by atoms with Crippen molar-refractivity contribution in [2.24, 2.45) is 0 Å². The molecule has 0 spiro atoms. The van der Waals surface area contributed by atoms with Gasteiger partial charge in [-0.3, -0.25) is 9.59 Å². The van der Waals surface area contributed by atoms with Crippen molar-refractivity contribution < 1.29 is 19.1 Å². The molecule has 0 saturated heterocycles. The van der Waals surface area contributed by atoms with E-state index < -0.39 is 11.8 Å². The van der Waals surface area contributed by atoms with Crippen molar-refractivity contribution in [2.45, 2.75) is 0 Å². The second-order valence-electron chi connectivity index (χ2n) is 5.29. The van der Waals surface area contributed by atoms with Gasteiger partial charge in [-0.1, -0.05) is 0 Å². The molecule has 0 aliphatic carbocycles. The van der Waals surface area contributed by atoms with Gasteiger partial charge < -0.3 is 25.8 Å². The van der Waals surface area contributed by atoms with E-state index in [2.05, 4.69) is 10.6 Å². The molecule has 0 radical (unpaired) electrons. The first-order valence-corrected chi connectivity index (χ1v) is 7.78. The molecule has 0 bridgehead atoms. The Balaban J connectivity index is 2.14. The molecule has 0 aromatic heterocycles. The molecule has 0 aliphatic heterocycles. The first-order valence-electron chi connectivity index (χ1n) is 7.78. The number of nitrogen functional groups attached to an aromatic ring is 1. The maximum absolute atomic E-state index is 12.3. The summed E-state index contributed by atoms with van der Waals surface area (Å²) in [5.41, 5.74) is 6.47. The summed E-state index contributed by atoms with van der Waals surface area (Å²) in [6.45, 7) is 0. The van der Waals surface area contributed by atoms with Gasteiger partial charge in [0.05, 0.1) is 19.9 Å². The van der Waals surface area contributed by atoms with Gasteiger partial charge in [0.15, 0.2) is 0 Å². The van der Waals surface area contributed by atoms with Crippen LogP contribution in [0.5, 0.6) is 11.5 Å². The molecule has 0 unspecified atom stereocenters. The smallest absolute Gasteiger partial charge is 0.267 e. The Labute approximate surface area is 156 Å². The number of carbonyl (C=O) groups is 2. The van der Waals surface area contributed by atoms with E-state index in [1.165, 1.54) is 26.4 Å². The van der Waals surface area contributed by atoms with E-state index >= 15 is 0 Å². The van der Waals surface area contributed by atoms with Crippen molar-refractivity contribution in [3.8, 4) is 17.6 Å². The predicted octanol–water partition coefficient (Wildman–Crippen LogP) is 2.06. The third kappa shape index (κ3) is 4.99. The van der Waals surface area contributed by atoms with Crippen LogP contribution in [0.4, 0.5) is 11.4 Å². The number of rotatable bonds is 6. The maximum atomic E-state index is 12.3. The van der Waals surface area contributed by atoms with E-state index in [9.17, 15) is 14.9 Å². The summed E-state index contributed by atoms with van der Waals surface area (Å²) in [5, 5.41) is 14.2. The first-order chi connectivity index (χ1) is 13.0. The molecule has 0 saturated carbocycles. The van der Waals surface area contributed by atoms with Gasteiger partial charge in [0.25, 0.3) is 11.8 Å². The lowest BCUT2D eigenvalue weighted by molar-refractivity contribution is -0.112. The summed E-state index contributed by atoms with van der Waals surface area (Å²) in [4.78, 5) is 24.4. The number of nitrogens with one attached hydrogen (secondary N) is 2. The summed E-state index contributed by atoms with van der Waals surface area (Å²) in [5.74, 6) is -0.284. The van der Waals surface area contributed by atoms with Gasteiger partial charge >= 0.3 is 0 Å². The van der Waals surface area contributed by atoms with Crippen LogP contribution >= 0.6 is 0 Å². The van der Waals surface area contributed by atoms with Crippen molar-refractivity contribution >= 4 is 23.2 Å². The van der Waals surface area contributed by atoms with Gasteiger partial charge in [-0.2, -0.15) is 5.26 Å². The normalized spacial score (nSPS) is 10.5. The predicted molar refractivity (Wildman–Crippen MR) is 100 cm³/mol. The molecule has 0 fully saturated rings. The van der Waals surface area contributed by atoms with E-state index in [0.29, 0.717) is 28.4 Å². The van der Waals surface area contributed by atoms with Crippen LogP contribution in [0.1, 0.15) is 10.4 Å². The van der Waals surface area contributed by atoms with Crippen LogP contribution in [0, 0.1) is 11.3 Å². The summed E-state index contributed by atoms with van der Waals surface area (Å²) in [7, 11) is 2.94. The number of carbonyl (C=O) groups excluding carboxylic acids is 2. The van der Waals surface area contributed by atoms with Gasteiger partial charge in [0.2, 0.25) is 0 Å². The fraction of sp³-hybridized carbons (Fsp3) is 0.105. The fourth-order valence-corrected chi connectivity index (χ4v) is 2.11. The molecule has 8 heteroatoms. The van der Waals surface area contributed by atoms with Crippen LogP contribution < -0.4 is 25.8 Å². The number of nitrogens with zero attached hydrogens (tertiary/aromatic N) is 1. The largest absolute Gasteiger partial charge is 0.497 e. The lowest BCUT2D eigenvalue weighted by Gasteiger charge is -2.11. The molecule has 2 aromatic rings. The van der Waals surface area contributed by atoms with Gasteiger partial charge in [-0.05, 0) is 36.4 Å². The van der Waals surface area contributed by atoms with E-state index in [1.807, 2.05) is 0 Å². The molecule has 138 valence electrons. The van der Waals surface area contributed by atoms with Crippen LogP contribution in [0.2, 0.25) is 0 Å². The molecule has 4 N–H and O–H groups in total. The standard InChI is InChI=1S/C19H18N4O4/c1-26-15-7-8-17(27-2)16(9-15)23-19(25)13(10-20)11-22-18(24)12-3-5-14(21)6-4-12/h3-9,11H,21H2,1-2H3,(H,22,24)(H,23,25)/b13-11-. The molecule has 0 atom stereocenters. The second kappa shape index (κ2) is 8.92. The minimum atomic E-state index is -0.707. The van der Waals surface area contributed by atoms with Gasteiger partial charge in [0.1, 0.15) is 23.1 Å². The summed E-state index contributed by atoms with van der Waals surface area (Å²) >= 11 is 0. The minimum Gasteiger partial charge on any atom is -0.497 e. The Kier molecular flexibility index (Phi) is 6.39. The lowest BCUT2D eigenvalue weighted by atomic mass is 10.2. The molecular formula is C19H18N4O4. The molecule has 0 heterocycles. The highest BCUT2D eigenvalue weighted by Gasteiger charge is 2.14. The minimum absolute atomic E-state index is 0.288. The van der Waals surface area contributed by atoms with Gasteiger partial charge in [0, 0.05) is 23.5 Å². The number of nitrogens with two attached hydrogens (primary N) is 1. The number of nitriles is 1. The molecule has 8 nitrogen and oxygen atoms in total. The molecule has 2 rings (SSSR count). The maximum Gasteiger partial charge on any atom is 0.267 e. The Morgan fingerprint density at radius 3 is 2.41 bits per heavy atom. The van der Waals surface area contributed by atoms with E-state index in [4.69, 9.17) is 15.2 Å². The number of benzene rings is 2. The molecule has 2 amide bonds. The van der Waals surface area contributed by atoms with Crippen molar-refractivity contribution in [3.63, 3.8) is 0 Å². The van der Waals surface area contributed by atoms with Crippen LogP contribution in [0.15, 0.2) is 54.2 Å². The third-order valence-corrected chi connectivity index (χ3v) is 3.54. The average molecular weight is 366 g/mol. The zero-order valence-corrected chi connectivity index (χ0v) is 14.8. The monoisotopic (exact) mass is 366 g/mol. The summed E-state index contributed by atoms with van der Waals surface area (Å²) < 4.78 is 10.3. The fourth-order valence-electron chi connectivity index (χ4n) is 2.11. The number of hydrogen-bond acceptors (Lipinski definition) is 6. The molecule has 27 heavy (non-hydrogen) atoms. The zero-order valence-electron chi connectivity index (χ0n) is 14.8. The number of ether oxygens (including phenoxy) is 2. The Morgan fingerprint density at radius 1 is 1.11 bits per heavy atom. The van der Waals surface area contributed by atoms with Crippen molar-refractivity contribution in [1.29, 1.82) is 5.26 Å². The quantitative estimate of drug-likeness (QED) is 0.408. The molecular weight excluding hydrogens is 348 g/mol. The van der Waals surface area contributed by atoms with E-state index in [1.54, 1.807) is 36.4 Å². The van der Waals surface area contributed by atoms with Gasteiger partial charge in [-0.25, -0.2) is 0 Å². The van der Waals surface area contributed by atoms with E-state index in [-0.39, 0.29) is 5.57 Å². The van der Waals surface area contributed by atoms with Crippen LogP contribution in [0.25, 0.3) is 0 Å². The Morgan fingerprint density at radius 2 is 1.81 bits per heavy atom. The molecule has 0 aliphatic rings. The van der Waals surface area contributed by atoms with Crippen LogP contribution in [-0.4, -0.2) is 26.0 Å².